The van der Waals surface area contributed by atoms with Crippen molar-refractivity contribution in [3.63, 3.8) is 0 Å². The lowest BCUT2D eigenvalue weighted by Gasteiger charge is -2.21. The van der Waals surface area contributed by atoms with E-state index in [0.717, 1.165) is 31.5 Å². The molecule has 2 heterocycles. The number of hydrogen-bond donors (Lipinski definition) is 0. The van der Waals surface area contributed by atoms with Crippen LogP contribution in [0.2, 0.25) is 0 Å². The van der Waals surface area contributed by atoms with Crippen LogP contribution in [0.4, 0.5) is 0 Å². The number of benzene rings is 1. The van der Waals surface area contributed by atoms with Gasteiger partial charge in [-0.1, -0.05) is 43.2 Å². The van der Waals surface area contributed by atoms with Gasteiger partial charge < -0.3 is 9.80 Å². The predicted octanol–water partition coefficient (Wildman–Crippen LogP) is 3.37. The molecule has 1 aliphatic rings. The molecule has 136 valence electrons. The van der Waals surface area contributed by atoms with E-state index in [0.29, 0.717) is 17.8 Å². The standard InChI is InChI=1S/C21H25N3O2/c1-23(16-17-9-5-4-6-10-17)21(26)19-15-18(11-12-22-19)20(25)24-13-7-2-3-8-14-24/h4-6,9-12,15H,2-3,7-8,13-14,16H2,1H3. The van der Waals surface area contributed by atoms with Crippen LogP contribution in [-0.4, -0.2) is 46.7 Å². The Morgan fingerprint density at radius 2 is 1.73 bits per heavy atom. The first-order chi connectivity index (χ1) is 12.6. The maximum absolute atomic E-state index is 12.8. The third-order valence-corrected chi connectivity index (χ3v) is 4.73. The lowest BCUT2D eigenvalue weighted by molar-refractivity contribution is 0.0761. The number of pyridine rings is 1. The van der Waals surface area contributed by atoms with Gasteiger partial charge in [-0.25, -0.2) is 0 Å². The number of carbonyl (C=O) groups excluding carboxylic acids is 2. The van der Waals surface area contributed by atoms with Crippen LogP contribution in [0.25, 0.3) is 0 Å². The second-order valence-corrected chi connectivity index (χ2v) is 6.78. The highest BCUT2D eigenvalue weighted by atomic mass is 16.2. The van der Waals surface area contributed by atoms with Crippen molar-refractivity contribution in [1.29, 1.82) is 0 Å². The SMILES string of the molecule is CN(Cc1ccccc1)C(=O)c1cc(C(=O)N2CCCCCC2)ccn1. The van der Waals surface area contributed by atoms with Crippen molar-refractivity contribution in [2.45, 2.75) is 32.2 Å². The summed E-state index contributed by atoms with van der Waals surface area (Å²) >= 11 is 0. The van der Waals surface area contributed by atoms with Gasteiger partial charge in [0.2, 0.25) is 0 Å². The Kier molecular flexibility index (Phi) is 6.00. The molecular formula is C21H25N3O2. The van der Waals surface area contributed by atoms with Gasteiger partial charge in [-0.3, -0.25) is 14.6 Å². The zero-order chi connectivity index (χ0) is 18.4. The fourth-order valence-electron chi connectivity index (χ4n) is 3.26. The number of likely N-dealkylation sites (tertiary alicyclic amines) is 1. The van der Waals surface area contributed by atoms with E-state index in [-0.39, 0.29) is 11.8 Å². The molecule has 0 unspecified atom stereocenters. The fourth-order valence-corrected chi connectivity index (χ4v) is 3.26. The van der Waals surface area contributed by atoms with Crippen LogP contribution in [0.1, 0.15) is 52.1 Å². The average Bonchev–Trinajstić information content (AvgIpc) is 2.97. The molecule has 5 nitrogen and oxygen atoms in total. The topological polar surface area (TPSA) is 53.5 Å². The van der Waals surface area contributed by atoms with Crippen molar-refractivity contribution >= 4 is 11.8 Å². The minimum absolute atomic E-state index is 0.00550. The van der Waals surface area contributed by atoms with E-state index in [1.165, 1.54) is 12.8 Å². The largest absolute Gasteiger partial charge is 0.339 e. The van der Waals surface area contributed by atoms with E-state index in [4.69, 9.17) is 0 Å². The molecule has 1 aromatic carbocycles. The summed E-state index contributed by atoms with van der Waals surface area (Å²) in [5.74, 6) is -0.187. The highest BCUT2D eigenvalue weighted by Gasteiger charge is 2.20. The summed E-state index contributed by atoms with van der Waals surface area (Å²) in [6, 6.07) is 13.1. The monoisotopic (exact) mass is 351 g/mol. The molecule has 1 saturated heterocycles. The summed E-state index contributed by atoms with van der Waals surface area (Å²) in [5.41, 5.74) is 1.91. The Morgan fingerprint density at radius 3 is 2.42 bits per heavy atom. The number of hydrogen-bond acceptors (Lipinski definition) is 3. The second-order valence-electron chi connectivity index (χ2n) is 6.78. The van der Waals surface area contributed by atoms with E-state index >= 15 is 0 Å². The molecule has 2 amide bonds. The van der Waals surface area contributed by atoms with Crippen molar-refractivity contribution in [3.05, 3.63) is 65.5 Å². The average molecular weight is 351 g/mol. The third kappa shape index (κ3) is 4.48. The molecule has 2 aromatic rings. The lowest BCUT2D eigenvalue weighted by Crippen LogP contribution is -2.32. The van der Waals surface area contributed by atoms with Crippen LogP contribution in [0.5, 0.6) is 0 Å². The van der Waals surface area contributed by atoms with Crippen LogP contribution >= 0.6 is 0 Å². The van der Waals surface area contributed by atoms with Gasteiger partial charge >= 0.3 is 0 Å². The van der Waals surface area contributed by atoms with Gasteiger partial charge in [-0.05, 0) is 30.5 Å². The molecule has 0 bridgehead atoms. The second kappa shape index (κ2) is 8.61. The highest BCUT2D eigenvalue weighted by molar-refractivity contribution is 5.98. The Hall–Kier alpha value is -2.69. The first-order valence-electron chi connectivity index (χ1n) is 9.20. The molecular weight excluding hydrogens is 326 g/mol. The first-order valence-corrected chi connectivity index (χ1v) is 9.20. The van der Waals surface area contributed by atoms with E-state index in [1.54, 1.807) is 30.3 Å². The minimum atomic E-state index is -0.181. The number of rotatable bonds is 4. The summed E-state index contributed by atoms with van der Waals surface area (Å²) in [5, 5.41) is 0. The molecule has 3 rings (SSSR count). The van der Waals surface area contributed by atoms with E-state index in [9.17, 15) is 9.59 Å². The molecule has 0 radical (unpaired) electrons. The number of aromatic nitrogens is 1. The Bertz CT molecular complexity index is 753. The van der Waals surface area contributed by atoms with Crippen LogP contribution in [0, 0.1) is 0 Å². The summed E-state index contributed by atoms with van der Waals surface area (Å²) in [4.78, 5) is 33.2. The van der Waals surface area contributed by atoms with Crippen molar-refractivity contribution in [2.75, 3.05) is 20.1 Å². The molecule has 26 heavy (non-hydrogen) atoms. The Balaban J connectivity index is 1.71. The molecule has 1 aromatic heterocycles. The Morgan fingerprint density at radius 1 is 1.04 bits per heavy atom. The van der Waals surface area contributed by atoms with Gasteiger partial charge in [-0.2, -0.15) is 0 Å². The zero-order valence-electron chi connectivity index (χ0n) is 15.2. The van der Waals surface area contributed by atoms with E-state index < -0.39 is 0 Å². The molecule has 0 saturated carbocycles. The quantitative estimate of drug-likeness (QED) is 0.849. The molecule has 0 spiro atoms. The number of nitrogens with zero attached hydrogens (tertiary/aromatic N) is 3. The lowest BCUT2D eigenvalue weighted by atomic mass is 10.1. The normalized spacial score (nSPS) is 14.6. The molecule has 1 aliphatic heterocycles. The highest BCUT2D eigenvalue weighted by Crippen LogP contribution is 2.15. The molecule has 0 N–H and O–H groups in total. The predicted molar refractivity (Wildman–Crippen MR) is 101 cm³/mol. The fraction of sp³-hybridized carbons (Fsp3) is 0.381. The third-order valence-electron chi connectivity index (χ3n) is 4.73. The Labute approximate surface area is 154 Å². The van der Waals surface area contributed by atoms with Gasteiger partial charge in [0.15, 0.2) is 0 Å². The van der Waals surface area contributed by atoms with Gasteiger partial charge in [-0.15, -0.1) is 0 Å². The zero-order valence-corrected chi connectivity index (χ0v) is 15.2. The summed E-state index contributed by atoms with van der Waals surface area (Å²) in [6.45, 7) is 2.09. The number of amides is 2. The van der Waals surface area contributed by atoms with Gasteiger partial charge in [0.25, 0.3) is 11.8 Å². The molecule has 0 atom stereocenters. The first kappa shape index (κ1) is 18.1. The van der Waals surface area contributed by atoms with Crippen molar-refractivity contribution < 1.29 is 9.59 Å². The maximum Gasteiger partial charge on any atom is 0.272 e. The summed E-state index contributed by atoms with van der Waals surface area (Å²) < 4.78 is 0. The van der Waals surface area contributed by atoms with Crippen molar-refractivity contribution in [3.8, 4) is 0 Å². The van der Waals surface area contributed by atoms with Gasteiger partial charge in [0, 0.05) is 38.4 Å². The molecule has 5 heteroatoms. The van der Waals surface area contributed by atoms with Gasteiger partial charge in [0.1, 0.15) is 5.69 Å². The van der Waals surface area contributed by atoms with Crippen LogP contribution in [0.3, 0.4) is 0 Å². The van der Waals surface area contributed by atoms with Crippen molar-refractivity contribution in [1.82, 2.24) is 14.8 Å². The summed E-state index contributed by atoms with van der Waals surface area (Å²) in [7, 11) is 1.75. The molecule has 0 aliphatic carbocycles. The number of carbonyl (C=O) groups is 2. The van der Waals surface area contributed by atoms with Crippen LogP contribution < -0.4 is 0 Å². The van der Waals surface area contributed by atoms with E-state index in [2.05, 4.69) is 4.98 Å². The smallest absolute Gasteiger partial charge is 0.272 e. The maximum atomic E-state index is 12.8. The summed E-state index contributed by atoms with van der Waals surface area (Å²) in [6.07, 6.45) is 5.99. The van der Waals surface area contributed by atoms with E-state index in [1.807, 2.05) is 35.2 Å². The molecule has 1 fully saturated rings. The minimum Gasteiger partial charge on any atom is -0.339 e. The van der Waals surface area contributed by atoms with Crippen LogP contribution in [0.15, 0.2) is 48.7 Å². The van der Waals surface area contributed by atoms with Gasteiger partial charge in [0.05, 0.1) is 0 Å². The van der Waals surface area contributed by atoms with Crippen LogP contribution in [-0.2, 0) is 6.54 Å². The van der Waals surface area contributed by atoms with Crippen molar-refractivity contribution in [2.24, 2.45) is 0 Å².